The number of H-pyrrole nitrogens is 1. The summed E-state index contributed by atoms with van der Waals surface area (Å²) in [5, 5.41) is 3.57. The van der Waals surface area contributed by atoms with Crippen LogP contribution in [0.25, 0.3) is 10.8 Å². The topological polar surface area (TPSA) is 71.7 Å². The van der Waals surface area contributed by atoms with Crippen LogP contribution >= 0.6 is 0 Å². The van der Waals surface area contributed by atoms with Crippen molar-refractivity contribution in [1.82, 2.24) is 25.0 Å². The number of pyridine rings is 1. The number of piperidine rings is 1. The van der Waals surface area contributed by atoms with Gasteiger partial charge in [0.25, 0.3) is 5.56 Å². The summed E-state index contributed by atoms with van der Waals surface area (Å²) < 4.78 is 14.0. The molecule has 0 radical (unpaired) electrons. The Hall–Kier alpha value is -2.45. The molecule has 2 aliphatic heterocycles. The largest absolute Gasteiger partial charge is 0.341 e. The molecule has 178 valence electrons. The third-order valence-corrected chi connectivity index (χ3v) is 8.03. The first-order valence-corrected chi connectivity index (χ1v) is 12.3. The van der Waals surface area contributed by atoms with Crippen molar-refractivity contribution in [2.24, 2.45) is 0 Å². The van der Waals surface area contributed by atoms with Crippen molar-refractivity contribution >= 4 is 16.8 Å². The number of fused-ring (bicyclic) bond motifs is 1. The zero-order valence-corrected chi connectivity index (χ0v) is 19.4. The molecular formula is C25H34FN5O2. The molecule has 8 heteroatoms. The molecule has 1 aromatic carbocycles. The van der Waals surface area contributed by atoms with Gasteiger partial charge in [-0.15, -0.1) is 0 Å². The Morgan fingerprint density at radius 2 is 1.70 bits per heavy atom. The number of halogens is 1. The van der Waals surface area contributed by atoms with E-state index in [2.05, 4.69) is 20.1 Å². The number of aromatic nitrogens is 1. The standard InChI is InChI=1S/C25H34FN5O2/c1-27-25(33)31-9-7-19(8-10-31)29-11-13-30(14-12-29)20-6-5-17(15-20)22-16-18-3-2-4-21(26)23(18)24(32)28-22/h2-4,16-17,19-20H,5-15H2,1H3,(H,27,33)(H,28,32)/t17-,20+/m1/s1. The number of hydrogen-bond acceptors (Lipinski definition) is 4. The molecule has 3 aliphatic rings. The van der Waals surface area contributed by atoms with Gasteiger partial charge in [0.05, 0.1) is 5.39 Å². The van der Waals surface area contributed by atoms with E-state index < -0.39 is 5.82 Å². The second kappa shape index (κ2) is 9.43. The average molecular weight is 456 g/mol. The summed E-state index contributed by atoms with van der Waals surface area (Å²) in [6.45, 7) is 5.99. The lowest BCUT2D eigenvalue weighted by molar-refractivity contribution is 0.0483. The highest BCUT2D eigenvalue weighted by Gasteiger charge is 2.34. The Bertz CT molecular complexity index is 1060. The SMILES string of the molecule is CNC(=O)N1CCC(N2CCN([C@H]3CC[C@@H](c4cc5cccc(F)c5c(=O)[nH]4)C3)CC2)CC1. The molecule has 2 atom stereocenters. The number of likely N-dealkylation sites (tertiary alicyclic amines) is 1. The van der Waals surface area contributed by atoms with Gasteiger partial charge in [0.1, 0.15) is 5.82 Å². The Balaban J connectivity index is 1.15. The Morgan fingerprint density at radius 1 is 1.00 bits per heavy atom. The summed E-state index contributed by atoms with van der Waals surface area (Å²) in [5.41, 5.74) is 0.627. The van der Waals surface area contributed by atoms with Crippen molar-refractivity contribution in [3.05, 3.63) is 46.1 Å². The van der Waals surface area contributed by atoms with E-state index in [1.54, 1.807) is 13.1 Å². The predicted molar refractivity (Wildman–Crippen MR) is 127 cm³/mol. The van der Waals surface area contributed by atoms with Crippen LogP contribution in [0.2, 0.25) is 0 Å². The maximum atomic E-state index is 14.0. The summed E-state index contributed by atoms with van der Waals surface area (Å²) in [5.74, 6) is -0.135. The van der Waals surface area contributed by atoms with E-state index in [1.807, 2.05) is 17.0 Å². The van der Waals surface area contributed by atoms with Gasteiger partial charge in [-0.25, -0.2) is 9.18 Å². The molecule has 3 fully saturated rings. The number of aromatic amines is 1. The maximum absolute atomic E-state index is 14.0. The number of urea groups is 1. The maximum Gasteiger partial charge on any atom is 0.317 e. The van der Waals surface area contributed by atoms with Crippen LogP contribution in [0, 0.1) is 5.82 Å². The van der Waals surface area contributed by atoms with E-state index in [1.165, 1.54) is 6.07 Å². The van der Waals surface area contributed by atoms with E-state index in [-0.39, 0.29) is 17.0 Å². The van der Waals surface area contributed by atoms with Crippen LogP contribution in [-0.4, -0.2) is 84.1 Å². The first-order chi connectivity index (χ1) is 16.0. The van der Waals surface area contributed by atoms with Crippen LogP contribution in [-0.2, 0) is 0 Å². The van der Waals surface area contributed by atoms with Crippen molar-refractivity contribution in [2.45, 2.75) is 50.1 Å². The van der Waals surface area contributed by atoms with Gasteiger partial charge in [-0.3, -0.25) is 14.6 Å². The van der Waals surface area contributed by atoms with Crippen molar-refractivity contribution in [2.75, 3.05) is 46.3 Å². The van der Waals surface area contributed by atoms with Gasteiger partial charge in [0.2, 0.25) is 0 Å². The van der Waals surface area contributed by atoms with Crippen LogP contribution in [0.15, 0.2) is 29.1 Å². The lowest BCUT2D eigenvalue weighted by Gasteiger charge is -2.44. The Morgan fingerprint density at radius 3 is 2.39 bits per heavy atom. The highest BCUT2D eigenvalue weighted by Crippen LogP contribution is 2.37. The van der Waals surface area contributed by atoms with Crippen molar-refractivity contribution in [3.63, 3.8) is 0 Å². The number of rotatable bonds is 3. The highest BCUT2D eigenvalue weighted by molar-refractivity contribution is 5.82. The molecule has 2 saturated heterocycles. The summed E-state index contributed by atoms with van der Waals surface area (Å²) in [6, 6.07) is 7.95. The molecule has 7 nitrogen and oxygen atoms in total. The van der Waals surface area contributed by atoms with Crippen LogP contribution < -0.4 is 10.9 Å². The number of piperazine rings is 1. The van der Waals surface area contributed by atoms with Gasteiger partial charge in [0, 0.05) is 70.0 Å². The minimum atomic E-state index is -0.457. The van der Waals surface area contributed by atoms with E-state index in [0.717, 1.165) is 77.1 Å². The first kappa shape index (κ1) is 22.3. The van der Waals surface area contributed by atoms with Gasteiger partial charge >= 0.3 is 6.03 Å². The quantitative estimate of drug-likeness (QED) is 0.747. The third kappa shape index (κ3) is 4.51. The monoisotopic (exact) mass is 455 g/mol. The number of nitrogens with zero attached hydrogens (tertiary/aromatic N) is 3. The third-order valence-electron chi connectivity index (χ3n) is 8.03. The fourth-order valence-corrected chi connectivity index (χ4v) is 6.15. The van der Waals surface area contributed by atoms with E-state index in [0.29, 0.717) is 23.4 Å². The molecule has 0 bridgehead atoms. The molecule has 1 aromatic heterocycles. The van der Waals surface area contributed by atoms with Gasteiger partial charge in [-0.1, -0.05) is 12.1 Å². The van der Waals surface area contributed by atoms with E-state index in [4.69, 9.17) is 0 Å². The second-order valence-electron chi connectivity index (χ2n) is 9.77. The van der Waals surface area contributed by atoms with E-state index >= 15 is 0 Å². The molecule has 0 unspecified atom stereocenters. The number of hydrogen-bond donors (Lipinski definition) is 2. The van der Waals surface area contributed by atoms with Crippen LogP contribution in [0.5, 0.6) is 0 Å². The summed E-state index contributed by atoms with van der Waals surface area (Å²) >= 11 is 0. The van der Waals surface area contributed by atoms with Gasteiger partial charge in [-0.2, -0.15) is 0 Å². The number of carbonyl (C=O) groups excluding carboxylic acids is 1. The second-order valence-corrected chi connectivity index (χ2v) is 9.77. The molecule has 3 heterocycles. The van der Waals surface area contributed by atoms with Gasteiger partial charge < -0.3 is 15.2 Å². The fourth-order valence-electron chi connectivity index (χ4n) is 6.15. The molecule has 2 aromatic rings. The average Bonchev–Trinajstić information content (AvgIpc) is 3.34. The lowest BCUT2D eigenvalue weighted by Crippen LogP contribution is -2.55. The minimum Gasteiger partial charge on any atom is -0.341 e. The van der Waals surface area contributed by atoms with E-state index in [9.17, 15) is 14.0 Å². The fraction of sp³-hybridized carbons (Fsp3) is 0.600. The minimum absolute atomic E-state index is 0.0342. The molecule has 2 N–H and O–H groups in total. The van der Waals surface area contributed by atoms with Crippen LogP contribution in [0.4, 0.5) is 9.18 Å². The summed E-state index contributed by atoms with van der Waals surface area (Å²) in [6.07, 6.45) is 5.34. The molecule has 1 aliphatic carbocycles. The number of carbonyl (C=O) groups is 1. The lowest BCUT2D eigenvalue weighted by atomic mass is 10.00. The van der Waals surface area contributed by atoms with Gasteiger partial charge in [-0.05, 0) is 49.6 Å². The number of nitrogens with one attached hydrogen (secondary N) is 2. The zero-order valence-electron chi connectivity index (χ0n) is 19.4. The normalized spacial score (nSPS) is 25.6. The Kier molecular flexibility index (Phi) is 6.38. The summed E-state index contributed by atoms with van der Waals surface area (Å²) in [7, 11) is 1.69. The number of benzene rings is 1. The smallest absolute Gasteiger partial charge is 0.317 e. The van der Waals surface area contributed by atoms with Crippen molar-refractivity contribution in [1.29, 1.82) is 0 Å². The molecular weight excluding hydrogens is 421 g/mol. The first-order valence-electron chi connectivity index (χ1n) is 12.3. The predicted octanol–water partition coefficient (Wildman–Crippen LogP) is 2.72. The number of amides is 2. The van der Waals surface area contributed by atoms with Gasteiger partial charge in [0.15, 0.2) is 0 Å². The van der Waals surface area contributed by atoms with Crippen molar-refractivity contribution < 1.29 is 9.18 Å². The Labute approximate surface area is 193 Å². The summed E-state index contributed by atoms with van der Waals surface area (Å²) in [4.78, 5) is 34.4. The van der Waals surface area contributed by atoms with Crippen LogP contribution in [0.1, 0.15) is 43.7 Å². The molecule has 33 heavy (non-hydrogen) atoms. The molecule has 1 saturated carbocycles. The molecule has 0 spiro atoms. The van der Waals surface area contributed by atoms with Crippen LogP contribution in [0.3, 0.4) is 0 Å². The molecule has 2 amide bonds. The molecule has 5 rings (SSSR count). The zero-order chi connectivity index (χ0) is 22.9. The highest BCUT2D eigenvalue weighted by atomic mass is 19.1. The van der Waals surface area contributed by atoms with Crippen molar-refractivity contribution in [3.8, 4) is 0 Å².